The molecule has 3 N–H and O–H groups in total. The number of aryl methyl sites for hydroxylation is 1. The highest BCUT2D eigenvalue weighted by Crippen LogP contribution is 2.49. The van der Waals surface area contributed by atoms with E-state index >= 15 is 4.39 Å². The van der Waals surface area contributed by atoms with E-state index in [0.717, 1.165) is 22.0 Å². The standard InChI is InChI=1S/C25H19FN4O4/c1-12-7-18-13(10-28-29-18)8-14(12)11-30-19-9-17(26)15-4-6-34-23(15)21(19)20(22(30)25(32)33)16-3-2-5-27-24(16)31/h2-10,20,22H,11H2,1H3,(H,27,31)(H,28,29)(H,32,33). The van der Waals surface area contributed by atoms with Gasteiger partial charge in [-0.2, -0.15) is 5.10 Å². The fourth-order valence-corrected chi connectivity index (χ4v) is 5.09. The number of aromatic nitrogens is 3. The lowest BCUT2D eigenvalue weighted by molar-refractivity contribution is -0.138. The number of halogens is 1. The summed E-state index contributed by atoms with van der Waals surface area (Å²) in [6, 6.07) is 8.84. The maximum absolute atomic E-state index is 15.1. The van der Waals surface area contributed by atoms with Gasteiger partial charge in [0, 0.05) is 34.9 Å². The van der Waals surface area contributed by atoms with Gasteiger partial charge >= 0.3 is 5.97 Å². The molecule has 4 heterocycles. The molecule has 0 bridgehead atoms. The Morgan fingerprint density at radius 2 is 2.15 bits per heavy atom. The Kier molecular flexibility index (Phi) is 4.35. The van der Waals surface area contributed by atoms with E-state index in [9.17, 15) is 14.7 Å². The molecule has 2 atom stereocenters. The number of hydrogen-bond acceptors (Lipinski definition) is 5. The summed E-state index contributed by atoms with van der Waals surface area (Å²) >= 11 is 0. The Labute approximate surface area is 191 Å². The zero-order valence-electron chi connectivity index (χ0n) is 18.0. The van der Waals surface area contributed by atoms with Crippen molar-refractivity contribution in [3.05, 3.63) is 93.5 Å². The van der Waals surface area contributed by atoms with E-state index in [0.29, 0.717) is 11.3 Å². The van der Waals surface area contributed by atoms with Gasteiger partial charge in [-0.05, 0) is 48.4 Å². The molecule has 2 unspecified atom stereocenters. The van der Waals surface area contributed by atoms with E-state index < -0.39 is 29.3 Å². The second kappa shape index (κ2) is 7.31. The summed E-state index contributed by atoms with van der Waals surface area (Å²) in [4.78, 5) is 29.7. The van der Waals surface area contributed by atoms with Crippen molar-refractivity contribution in [2.45, 2.75) is 25.4 Å². The fraction of sp³-hybridized carbons (Fsp3) is 0.160. The minimum atomic E-state index is -1.15. The Bertz CT molecular complexity index is 1650. The average molecular weight is 458 g/mol. The second-order valence-electron chi connectivity index (χ2n) is 8.53. The number of carbonyl (C=O) groups is 1. The second-order valence-corrected chi connectivity index (χ2v) is 8.53. The highest BCUT2D eigenvalue weighted by molar-refractivity contribution is 5.94. The van der Waals surface area contributed by atoms with Crippen LogP contribution in [-0.2, 0) is 11.3 Å². The SMILES string of the molecule is Cc1cc2[nH]ncc2cc1CN1c2cc(F)c3ccoc3c2C(c2ccc[nH]c2=O)C1C(=O)O. The maximum atomic E-state index is 15.1. The summed E-state index contributed by atoms with van der Waals surface area (Å²) in [5, 5.41) is 18.5. The molecule has 3 aromatic heterocycles. The van der Waals surface area contributed by atoms with Gasteiger partial charge in [0.05, 0.1) is 29.3 Å². The largest absolute Gasteiger partial charge is 0.480 e. The highest BCUT2D eigenvalue weighted by Gasteiger charge is 2.47. The number of furan rings is 1. The number of carboxylic acids is 1. The van der Waals surface area contributed by atoms with Crippen LogP contribution in [-0.4, -0.2) is 32.3 Å². The van der Waals surface area contributed by atoms with Gasteiger partial charge in [0.1, 0.15) is 17.4 Å². The van der Waals surface area contributed by atoms with Crippen molar-refractivity contribution in [2.24, 2.45) is 0 Å². The van der Waals surface area contributed by atoms with Crippen LogP contribution in [0.5, 0.6) is 0 Å². The van der Waals surface area contributed by atoms with E-state index in [4.69, 9.17) is 4.42 Å². The molecule has 0 amide bonds. The number of fused-ring (bicyclic) bond motifs is 4. The summed E-state index contributed by atoms with van der Waals surface area (Å²) in [6.07, 6.45) is 4.56. The van der Waals surface area contributed by atoms with Crippen LogP contribution >= 0.6 is 0 Å². The maximum Gasteiger partial charge on any atom is 0.327 e. The van der Waals surface area contributed by atoms with E-state index in [1.165, 1.54) is 24.6 Å². The predicted molar refractivity (Wildman–Crippen MR) is 124 cm³/mol. The number of anilines is 1. The smallest absolute Gasteiger partial charge is 0.327 e. The number of aliphatic carboxylic acids is 1. The van der Waals surface area contributed by atoms with Crippen LogP contribution in [0.2, 0.25) is 0 Å². The first-order valence-electron chi connectivity index (χ1n) is 10.7. The van der Waals surface area contributed by atoms with Crippen molar-refractivity contribution in [3.8, 4) is 0 Å². The van der Waals surface area contributed by atoms with Gasteiger partial charge in [-0.25, -0.2) is 9.18 Å². The first-order chi connectivity index (χ1) is 16.4. The van der Waals surface area contributed by atoms with Crippen molar-refractivity contribution < 1.29 is 18.7 Å². The van der Waals surface area contributed by atoms with Gasteiger partial charge in [0.2, 0.25) is 0 Å². The molecule has 0 saturated carbocycles. The topological polar surface area (TPSA) is 115 Å². The fourth-order valence-electron chi connectivity index (χ4n) is 5.09. The number of rotatable bonds is 4. The van der Waals surface area contributed by atoms with Crippen molar-refractivity contribution in [2.75, 3.05) is 4.90 Å². The minimum Gasteiger partial charge on any atom is -0.480 e. The van der Waals surface area contributed by atoms with E-state index in [1.54, 1.807) is 23.2 Å². The number of nitrogens with one attached hydrogen (secondary N) is 2. The molecule has 34 heavy (non-hydrogen) atoms. The van der Waals surface area contributed by atoms with Crippen LogP contribution in [0.15, 0.2) is 64.3 Å². The van der Waals surface area contributed by atoms with Gasteiger partial charge < -0.3 is 19.4 Å². The minimum absolute atomic E-state index is 0.198. The lowest BCUT2D eigenvalue weighted by atomic mass is 9.87. The van der Waals surface area contributed by atoms with E-state index in [-0.39, 0.29) is 23.1 Å². The normalized spacial score (nSPS) is 17.5. The molecule has 9 heteroatoms. The van der Waals surface area contributed by atoms with Crippen molar-refractivity contribution in [3.63, 3.8) is 0 Å². The molecule has 1 aliphatic rings. The Balaban J connectivity index is 1.60. The summed E-state index contributed by atoms with van der Waals surface area (Å²) < 4.78 is 20.7. The Morgan fingerprint density at radius 1 is 1.29 bits per heavy atom. The summed E-state index contributed by atoms with van der Waals surface area (Å²) in [7, 11) is 0. The number of carboxylic acid groups (broad SMARTS) is 1. The van der Waals surface area contributed by atoms with E-state index in [2.05, 4.69) is 15.2 Å². The monoisotopic (exact) mass is 458 g/mol. The molecular formula is C25H19FN4O4. The van der Waals surface area contributed by atoms with Crippen LogP contribution in [0.3, 0.4) is 0 Å². The number of nitrogens with zero attached hydrogens (tertiary/aromatic N) is 2. The number of aromatic amines is 2. The van der Waals surface area contributed by atoms with Gasteiger partial charge in [0.25, 0.3) is 5.56 Å². The van der Waals surface area contributed by atoms with Crippen molar-refractivity contribution in [1.29, 1.82) is 0 Å². The summed E-state index contributed by atoms with van der Waals surface area (Å²) in [6.45, 7) is 2.13. The molecule has 0 aliphatic carbocycles. The van der Waals surface area contributed by atoms with Gasteiger partial charge in [-0.3, -0.25) is 9.89 Å². The quantitative estimate of drug-likeness (QED) is 0.374. The molecule has 8 nitrogen and oxygen atoms in total. The third-order valence-electron chi connectivity index (χ3n) is 6.65. The lowest BCUT2D eigenvalue weighted by Gasteiger charge is -2.28. The van der Waals surface area contributed by atoms with Gasteiger partial charge in [-0.1, -0.05) is 6.07 Å². The predicted octanol–water partition coefficient (Wildman–Crippen LogP) is 4.05. The molecule has 0 radical (unpaired) electrons. The molecule has 6 rings (SSSR count). The van der Waals surface area contributed by atoms with Crippen LogP contribution in [0.4, 0.5) is 10.1 Å². The van der Waals surface area contributed by atoms with Crippen molar-refractivity contribution in [1.82, 2.24) is 15.2 Å². The first kappa shape index (κ1) is 20.2. The lowest BCUT2D eigenvalue weighted by Crippen LogP contribution is -2.42. The van der Waals surface area contributed by atoms with Crippen molar-refractivity contribution >= 4 is 33.5 Å². The third kappa shape index (κ3) is 2.86. The van der Waals surface area contributed by atoms with Gasteiger partial charge in [0.15, 0.2) is 0 Å². The van der Waals surface area contributed by atoms with Crippen LogP contribution in [0.1, 0.15) is 28.2 Å². The van der Waals surface area contributed by atoms with E-state index in [1.807, 2.05) is 19.1 Å². The Morgan fingerprint density at radius 3 is 2.94 bits per heavy atom. The zero-order valence-corrected chi connectivity index (χ0v) is 18.0. The third-order valence-corrected chi connectivity index (χ3v) is 6.65. The number of H-pyrrole nitrogens is 2. The number of benzene rings is 2. The van der Waals surface area contributed by atoms with Crippen LogP contribution in [0.25, 0.3) is 21.9 Å². The van der Waals surface area contributed by atoms with Gasteiger partial charge in [-0.15, -0.1) is 0 Å². The first-order valence-corrected chi connectivity index (χ1v) is 10.7. The molecule has 0 spiro atoms. The van der Waals surface area contributed by atoms with Crippen LogP contribution < -0.4 is 10.5 Å². The number of pyridine rings is 1. The summed E-state index contributed by atoms with van der Waals surface area (Å²) in [5.41, 5.74) is 3.70. The molecule has 0 saturated heterocycles. The van der Waals surface area contributed by atoms with Crippen LogP contribution in [0, 0.1) is 12.7 Å². The molecule has 170 valence electrons. The molecule has 0 fully saturated rings. The highest BCUT2D eigenvalue weighted by atomic mass is 19.1. The molecular weight excluding hydrogens is 439 g/mol. The molecule has 2 aromatic carbocycles. The Hall–Kier alpha value is -4.40. The average Bonchev–Trinajstić information content (AvgIpc) is 3.52. The molecule has 5 aromatic rings. The molecule has 1 aliphatic heterocycles. The number of hydrogen-bond donors (Lipinski definition) is 3. The summed E-state index contributed by atoms with van der Waals surface area (Å²) in [5.74, 6) is -2.49. The zero-order chi connectivity index (χ0) is 23.6.